The molecule has 1 unspecified atom stereocenters. The van der Waals surface area contributed by atoms with Crippen molar-refractivity contribution < 1.29 is 24.6 Å². The zero-order valence-corrected chi connectivity index (χ0v) is 10.6. The lowest BCUT2D eigenvalue weighted by Gasteiger charge is -2.11. The van der Waals surface area contributed by atoms with Gasteiger partial charge in [-0.3, -0.25) is 14.3 Å². The summed E-state index contributed by atoms with van der Waals surface area (Å²) in [5.74, 6) is -3.33. The molecule has 1 aromatic rings. The summed E-state index contributed by atoms with van der Waals surface area (Å²) >= 11 is 0. The normalized spacial score (nSPS) is 11.9. The average Bonchev–Trinajstić information content (AvgIpc) is 2.68. The molecule has 1 heterocycles. The van der Waals surface area contributed by atoms with E-state index >= 15 is 0 Å². The Balaban J connectivity index is 2.87. The SMILES string of the molecule is CCc1nn(C)cc1C(=O)NC(CC(=O)O)C(=O)O. The molecular formula is C11H15N3O5. The van der Waals surface area contributed by atoms with E-state index in [9.17, 15) is 14.4 Å². The number of rotatable bonds is 6. The monoisotopic (exact) mass is 269 g/mol. The van der Waals surface area contributed by atoms with Crippen LogP contribution >= 0.6 is 0 Å². The minimum atomic E-state index is -1.46. The molecule has 19 heavy (non-hydrogen) atoms. The largest absolute Gasteiger partial charge is 0.481 e. The fraction of sp³-hybridized carbons (Fsp3) is 0.455. The van der Waals surface area contributed by atoms with Gasteiger partial charge in [-0.05, 0) is 6.42 Å². The van der Waals surface area contributed by atoms with Crippen LogP contribution in [0.2, 0.25) is 0 Å². The minimum Gasteiger partial charge on any atom is -0.481 e. The molecule has 8 nitrogen and oxygen atoms in total. The number of aryl methyl sites for hydroxylation is 2. The molecule has 0 saturated carbocycles. The predicted octanol–water partition coefficient (Wildman–Crippen LogP) is -0.360. The van der Waals surface area contributed by atoms with Crippen LogP contribution in [0.4, 0.5) is 0 Å². The molecule has 3 N–H and O–H groups in total. The number of carbonyl (C=O) groups is 3. The molecule has 0 aliphatic heterocycles. The molecule has 0 aromatic carbocycles. The van der Waals surface area contributed by atoms with E-state index in [0.29, 0.717) is 12.1 Å². The Labute approximate surface area is 109 Å². The van der Waals surface area contributed by atoms with Gasteiger partial charge in [-0.2, -0.15) is 5.10 Å². The zero-order chi connectivity index (χ0) is 14.6. The van der Waals surface area contributed by atoms with Crippen LogP contribution in [0.15, 0.2) is 6.20 Å². The lowest BCUT2D eigenvalue weighted by molar-refractivity contribution is -0.145. The summed E-state index contributed by atoms with van der Waals surface area (Å²) in [6, 6.07) is -1.46. The van der Waals surface area contributed by atoms with Crippen LogP contribution < -0.4 is 5.32 Å². The molecule has 0 bridgehead atoms. The van der Waals surface area contributed by atoms with E-state index in [1.54, 1.807) is 7.05 Å². The van der Waals surface area contributed by atoms with Crippen molar-refractivity contribution in [3.63, 3.8) is 0 Å². The number of carboxylic acid groups (broad SMARTS) is 2. The van der Waals surface area contributed by atoms with Crippen LogP contribution in [0, 0.1) is 0 Å². The smallest absolute Gasteiger partial charge is 0.326 e. The van der Waals surface area contributed by atoms with Gasteiger partial charge in [0, 0.05) is 13.2 Å². The van der Waals surface area contributed by atoms with Crippen molar-refractivity contribution in [2.45, 2.75) is 25.8 Å². The number of amides is 1. The number of aromatic nitrogens is 2. The van der Waals surface area contributed by atoms with Gasteiger partial charge in [0.25, 0.3) is 5.91 Å². The summed E-state index contributed by atoms with van der Waals surface area (Å²) in [4.78, 5) is 33.3. The number of aliphatic carboxylic acids is 2. The maximum atomic E-state index is 11.9. The average molecular weight is 269 g/mol. The Bertz CT molecular complexity index is 508. The number of hydrogen-bond donors (Lipinski definition) is 3. The highest BCUT2D eigenvalue weighted by molar-refractivity contribution is 5.98. The first-order valence-corrected chi connectivity index (χ1v) is 5.63. The summed E-state index contributed by atoms with van der Waals surface area (Å²) in [6.07, 6.45) is 1.30. The maximum absolute atomic E-state index is 11.9. The molecule has 1 amide bonds. The summed E-state index contributed by atoms with van der Waals surface area (Å²) in [5, 5.41) is 23.7. The summed E-state index contributed by atoms with van der Waals surface area (Å²) in [6.45, 7) is 1.81. The van der Waals surface area contributed by atoms with Gasteiger partial charge >= 0.3 is 11.9 Å². The molecule has 0 aliphatic carbocycles. The Morgan fingerprint density at radius 3 is 2.53 bits per heavy atom. The second-order valence-corrected chi connectivity index (χ2v) is 3.98. The predicted molar refractivity (Wildman–Crippen MR) is 63.7 cm³/mol. The number of nitrogens with zero attached hydrogens (tertiary/aromatic N) is 2. The van der Waals surface area contributed by atoms with Gasteiger partial charge in [0.1, 0.15) is 6.04 Å². The van der Waals surface area contributed by atoms with E-state index in [-0.39, 0.29) is 5.56 Å². The van der Waals surface area contributed by atoms with Gasteiger partial charge in [0.15, 0.2) is 0 Å². The van der Waals surface area contributed by atoms with Crippen LogP contribution in [0.1, 0.15) is 29.4 Å². The lowest BCUT2D eigenvalue weighted by atomic mass is 10.1. The molecule has 0 aliphatic rings. The van der Waals surface area contributed by atoms with Crippen molar-refractivity contribution in [3.05, 3.63) is 17.5 Å². The first-order chi connectivity index (χ1) is 8.85. The van der Waals surface area contributed by atoms with Crippen LogP contribution in [0.5, 0.6) is 0 Å². The molecule has 0 saturated heterocycles. The second kappa shape index (κ2) is 5.98. The first kappa shape index (κ1) is 14.7. The fourth-order valence-corrected chi connectivity index (χ4v) is 1.60. The maximum Gasteiger partial charge on any atom is 0.326 e. The van der Waals surface area contributed by atoms with Crippen molar-refractivity contribution in [1.82, 2.24) is 15.1 Å². The molecule has 0 radical (unpaired) electrons. The molecule has 1 rings (SSSR count). The van der Waals surface area contributed by atoms with Crippen LogP contribution in [-0.2, 0) is 23.1 Å². The zero-order valence-electron chi connectivity index (χ0n) is 10.6. The van der Waals surface area contributed by atoms with Crippen LogP contribution in [0.25, 0.3) is 0 Å². The van der Waals surface area contributed by atoms with E-state index in [2.05, 4.69) is 10.4 Å². The van der Waals surface area contributed by atoms with Crippen molar-refractivity contribution in [2.24, 2.45) is 7.05 Å². The standard InChI is InChI=1S/C11H15N3O5/c1-3-7-6(5-14(2)13-7)10(17)12-8(11(18)19)4-9(15)16/h5,8H,3-4H2,1-2H3,(H,12,17)(H,15,16)(H,18,19). The highest BCUT2D eigenvalue weighted by Gasteiger charge is 2.25. The van der Waals surface area contributed by atoms with Gasteiger partial charge in [-0.1, -0.05) is 6.92 Å². The Morgan fingerprint density at radius 1 is 1.42 bits per heavy atom. The molecule has 8 heteroatoms. The molecule has 1 aromatic heterocycles. The van der Waals surface area contributed by atoms with E-state index < -0.39 is 30.3 Å². The van der Waals surface area contributed by atoms with Gasteiger partial charge < -0.3 is 15.5 Å². The second-order valence-electron chi connectivity index (χ2n) is 3.98. The molecule has 104 valence electrons. The molecule has 0 spiro atoms. The number of hydrogen-bond acceptors (Lipinski definition) is 4. The third kappa shape index (κ3) is 3.80. The lowest BCUT2D eigenvalue weighted by Crippen LogP contribution is -2.42. The van der Waals surface area contributed by atoms with Crippen LogP contribution in [0.3, 0.4) is 0 Å². The number of carbonyl (C=O) groups excluding carboxylic acids is 1. The van der Waals surface area contributed by atoms with Gasteiger partial charge in [-0.15, -0.1) is 0 Å². The fourth-order valence-electron chi connectivity index (χ4n) is 1.60. The van der Waals surface area contributed by atoms with E-state index in [0.717, 1.165) is 0 Å². The highest BCUT2D eigenvalue weighted by Crippen LogP contribution is 2.08. The quantitative estimate of drug-likeness (QED) is 0.648. The van der Waals surface area contributed by atoms with Crippen molar-refractivity contribution in [2.75, 3.05) is 0 Å². The van der Waals surface area contributed by atoms with Crippen molar-refractivity contribution >= 4 is 17.8 Å². The van der Waals surface area contributed by atoms with Crippen molar-refractivity contribution in [3.8, 4) is 0 Å². The third-order valence-electron chi connectivity index (χ3n) is 2.47. The number of nitrogens with one attached hydrogen (secondary N) is 1. The Hall–Kier alpha value is -2.38. The summed E-state index contributed by atoms with van der Waals surface area (Å²) < 4.78 is 1.45. The molecule has 1 atom stereocenters. The van der Waals surface area contributed by atoms with Crippen LogP contribution in [-0.4, -0.2) is 43.9 Å². The highest BCUT2D eigenvalue weighted by atomic mass is 16.4. The molecular weight excluding hydrogens is 254 g/mol. The van der Waals surface area contributed by atoms with E-state index in [1.807, 2.05) is 6.92 Å². The van der Waals surface area contributed by atoms with Gasteiger partial charge in [-0.25, -0.2) is 4.79 Å². The van der Waals surface area contributed by atoms with Gasteiger partial charge in [0.05, 0.1) is 17.7 Å². The minimum absolute atomic E-state index is 0.252. The summed E-state index contributed by atoms with van der Waals surface area (Å²) in [5.41, 5.74) is 0.779. The number of carboxylic acids is 2. The summed E-state index contributed by atoms with van der Waals surface area (Å²) in [7, 11) is 1.64. The Kier molecular flexibility index (Phi) is 4.62. The topological polar surface area (TPSA) is 122 Å². The van der Waals surface area contributed by atoms with Crippen molar-refractivity contribution in [1.29, 1.82) is 0 Å². The van der Waals surface area contributed by atoms with E-state index in [1.165, 1.54) is 10.9 Å². The molecule has 0 fully saturated rings. The Morgan fingerprint density at radius 2 is 2.05 bits per heavy atom. The van der Waals surface area contributed by atoms with Gasteiger partial charge in [0.2, 0.25) is 0 Å². The van der Waals surface area contributed by atoms with E-state index in [4.69, 9.17) is 10.2 Å². The third-order valence-corrected chi connectivity index (χ3v) is 2.47. The first-order valence-electron chi connectivity index (χ1n) is 5.63.